The minimum absolute atomic E-state index is 0.374. The predicted molar refractivity (Wildman–Crippen MR) is 57.4 cm³/mol. The summed E-state index contributed by atoms with van der Waals surface area (Å²) in [6, 6.07) is 1.16. The van der Waals surface area contributed by atoms with Gasteiger partial charge in [-0.15, -0.1) is 5.10 Å². The van der Waals surface area contributed by atoms with Crippen LogP contribution in [0.5, 0.6) is 0 Å². The number of rotatable bonds is 2. The highest BCUT2D eigenvalue weighted by atomic mass is 15.3. The molecule has 15 heavy (non-hydrogen) atoms. The molecule has 2 unspecified atom stereocenters. The number of nitrogens with one attached hydrogen (secondary N) is 2. The van der Waals surface area contributed by atoms with E-state index in [-0.39, 0.29) is 0 Å². The van der Waals surface area contributed by atoms with Gasteiger partial charge in [-0.1, -0.05) is 0 Å². The van der Waals surface area contributed by atoms with Gasteiger partial charge in [0.1, 0.15) is 0 Å². The third kappa shape index (κ3) is 1.54. The van der Waals surface area contributed by atoms with Crippen LogP contribution >= 0.6 is 0 Å². The van der Waals surface area contributed by atoms with Crippen molar-refractivity contribution in [3.63, 3.8) is 0 Å². The van der Waals surface area contributed by atoms with Crippen LogP contribution in [-0.2, 0) is 0 Å². The number of nitrogen functional groups attached to an aromatic ring is 1. The average Bonchev–Trinajstić information content (AvgIpc) is 2.85. The van der Waals surface area contributed by atoms with Gasteiger partial charge in [-0.2, -0.15) is 4.98 Å². The van der Waals surface area contributed by atoms with E-state index in [4.69, 9.17) is 5.73 Å². The Bertz CT molecular complexity index is 348. The summed E-state index contributed by atoms with van der Waals surface area (Å²) < 4.78 is 0. The van der Waals surface area contributed by atoms with Crippen LogP contribution in [0, 0.1) is 0 Å². The van der Waals surface area contributed by atoms with Gasteiger partial charge < -0.3 is 11.1 Å². The van der Waals surface area contributed by atoms with Gasteiger partial charge in [-0.05, 0) is 25.8 Å². The molecule has 0 aromatic carbocycles. The van der Waals surface area contributed by atoms with E-state index < -0.39 is 0 Å². The SMILES string of the molecule is Nc1nc(NC2CCN3CCCC23)n[nH]1. The van der Waals surface area contributed by atoms with Crippen molar-refractivity contribution < 1.29 is 0 Å². The highest BCUT2D eigenvalue weighted by molar-refractivity contribution is 5.32. The minimum Gasteiger partial charge on any atom is -0.368 e. The number of nitrogens with two attached hydrogens (primary N) is 1. The van der Waals surface area contributed by atoms with Crippen LogP contribution in [0.3, 0.4) is 0 Å². The number of aromatic amines is 1. The van der Waals surface area contributed by atoms with E-state index >= 15 is 0 Å². The fourth-order valence-electron chi connectivity index (χ4n) is 2.76. The normalized spacial score (nSPS) is 30.7. The standard InChI is InChI=1S/C9H16N6/c10-8-12-9(14-13-8)11-6-3-5-15-4-1-2-7(6)15/h6-7H,1-5H2,(H4,10,11,12,13,14). The molecule has 0 aliphatic carbocycles. The highest BCUT2D eigenvalue weighted by Crippen LogP contribution is 2.29. The van der Waals surface area contributed by atoms with Gasteiger partial charge in [0, 0.05) is 18.6 Å². The van der Waals surface area contributed by atoms with Crippen LogP contribution in [0.4, 0.5) is 11.9 Å². The van der Waals surface area contributed by atoms with Gasteiger partial charge in [0.25, 0.3) is 0 Å². The van der Waals surface area contributed by atoms with E-state index in [9.17, 15) is 0 Å². The van der Waals surface area contributed by atoms with Gasteiger partial charge in [0.05, 0.1) is 0 Å². The molecule has 0 amide bonds. The quantitative estimate of drug-likeness (QED) is 0.639. The Morgan fingerprint density at radius 2 is 2.33 bits per heavy atom. The molecule has 0 bridgehead atoms. The molecular weight excluding hydrogens is 192 g/mol. The smallest absolute Gasteiger partial charge is 0.243 e. The molecular formula is C9H16N6. The number of fused-ring (bicyclic) bond motifs is 1. The Balaban J connectivity index is 1.68. The summed E-state index contributed by atoms with van der Waals surface area (Å²) in [6.45, 7) is 2.45. The second kappa shape index (κ2) is 3.37. The topological polar surface area (TPSA) is 82.9 Å². The summed E-state index contributed by atoms with van der Waals surface area (Å²) in [5.41, 5.74) is 5.48. The lowest BCUT2D eigenvalue weighted by atomic mass is 10.1. The molecule has 1 aromatic rings. The van der Waals surface area contributed by atoms with Crippen molar-refractivity contribution in [3.8, 4) is 0 Å². The first-order valence-corrected chi connectivity index (χ1v) is 5.51. The molecule has 2 aliphatic rings. The zero-order chi connectivity index (χ0) is 10.3. The Kier molecular flexibility index (Phi) is 2.02. The van der Waals surface area contributed by atoms with Crippen molar-refractivity contribution in [1.29, 1.82) is 0 Å². The summed E-state index contributed by atoms with van der Waals surface area (Å²) in [5, 5.41) is 10.0. The van der Waals surface area contributed by atoms with E-state index in [0.717, 1.165) is 0 Å². The van der Waals surface area contributed by atoms with Gasteiger partial charge >= 0.3 is 0 Å². The van der Waals surface area contributed by atoms with Crippen LogP contribution in [-0.4, -0.2) is 45.3 Å². The van der Waals surface area contributed by atoms with Crippen molar-refractivity contribution in [2.45, 2.75) is 31.3 Å². The molecule has 2 aliphatic heterocycles. The molecule has 0 radical (unpaired) electrons. The first kappa shape index (κ1) is 8.96. The van der Waals surface area contributed by atoms with Gasteiger partial charge in [-0.25, -0.2) is 5.10 Å². The lowest BCUT2D eigenvalue weighted by Gasteiger charge is -2.20. The maximum Gasteiger partial charge on any atom is 0.243 e. The number of nitrogens with zero attached hydrogens (tertiary/aromatic N) is 3. The fraction of sp³-hybridized carbons (Fsp3) is 0.778. The summed E-state index contributed by atoms with van der Waals surface area (Å²) >= 11 is 0. The molecule has 4 N–H and O–H groups in total. The van der Waals surface area contributed by atoms with Gasteiger partial charge in [-0.3, -0.25) is 4.90 Å². The number of H-pyrrole nitrogens is 1. The second-order valence-electron chi connectivity index (χ2n) is 4.33. The molecule has 0 saturated carbocycles. The predicted octanol–water partition coefficient (Wildman–Crippen LogP) is 0.0355. The Labute approximate surface area is 88.2 Å². The summed E-state index contributed by atoms with van der Waals surface area (Å²) in [6.07, 6.45) is 3.79. The molecule has 3 heterocycles. The molecule has 6 nitrogen and oxygen atoms in total. The maximum absolute atomic E-state index is 5.48. The second-order valence-corrected chi connectivity index (χ2v) is 4.33. The lowest BCUT2D eigenvalue weighted by Crippen LogP contribution is -2.34. The van der Waals surface area contributed by atoms with Crippen molar-refractivity contribution in [3.05, 3.63) is 0 Å². The third-order valence-corrected chi connectivity index (χ3v) is 3.42. The summed E-state index contributed by atoms with van der Waals surface area (Å²) in [5.74, 6) is 1.00. The first-order chi connectivity index (χ1) is 7.33. The maximum atomic E-state index is 5.48. The average molecular weight is 208 g/mol. The molecule has 2 atom stereocenters. The van der Waals surface area contributed by atoms with Crippen LogP contribution < -0.4 is 11.1 Å². The molecule has 3 rings (SSSR count). The first-order valence-electron chi connectivity index (χ1n) is 5.51. The van der Waals surface area contributed by atoms with E-state index in [1.165, 1.54) is 32.4 Å². The molecule has 0 spiro atoms. The minimum atomic E-state index is 0.374. The van der Waals surface area contributed by atoms with Crippen LogP contribution in [0.25, 0.3) is 0 Å². The van der Waals surface area contributed by atoms with E-state index in [2.05, 4.69) is 25.4 Å². The van der Waals surface area contributed by atoms with Crippen molar-refractivity contribution >= 4 is 11.9 Å². The zero-order valence-electron chi connectivity index (χ0n) is 8.61. The summed E-state index contributed by atoms with van der Waals surface area (Å²) in [7, 11) is 0. The molecule has 6 heteroatoms. The van der Waals surface area contributed by atoms with Crippen LogP contribution in [0.2, 0.25) is 0 Å². The third-order valence-electron chi connectivity index (χ3n) is 3.42. The van der Waals surface area contributed by atoms with Crippen molar-refractivity contribution in [2.75, 3.05) is 24.1 Å². The monoisotopic (exact) mass is 208 g/mol. The Morgan fingerprint density at radius 1 is 1.40 bits per heavy atom. The number of aromatic nitrogens is 3. The fourth-order valence-corrected chi connectivity index (χ4v) is 2.76. The summed E-state index contributed by atoms with van der Waals surface area (Å²) in [4.78, 5) is 6.62. The molecule has 82 valence electrons. The van der Waals surface area contributed by atoms with Gasteiger partial charge in [0.15, 0.2) is 0 Å². The van der Waals surface area contributed by atoms with Crippen molar-refractivity contribution in [1.82, 2.24) is 20.1 Å². The van der Waals surface area contributed by atoms with Crippen molar-refractivity contribution in [2.24, 2.45) is 0 Å². The number of hydrogen-bond donors (Lipinski definition) is 3. The number of hydrogen-bond acceptors (Lipinski definition) is 5. The van der Waals surface area contributed by atoms with Gasteiger partial charge in [0.2, 0.25) is 11.9 Å². The van der Waals surface area contributed by atoms with E-state index in [1.54, 1.807) is 0 Å². The zero-order valence-corrected chi connectivity index (χ0v) is 8.61. The number of anilines is 2. The van der Waals surface area contributed by atoms with E-state index in [1.807, 2.05) is 0 Å². The molecule has 2 saturated heterocycles. The Hall–Kier alpha value is -1.30. The van der Waals surface area contributed by atoms with Crippen LogP contribution in [0.15, 0.2) is 0 Å². The molecule has 1 aromatic heterocycles. The lowest BCUT2D eigenvalue weighted by molar-refractivity contribution is 0.318. The Morgan fingerprint density at radius 3 is 3.13 bits per heavy atom. The van der Waals surface area contributed by atoms with E-state index in [0.29, 0.717) is 24.0 Å². The molecule has 2 fully saturated rings. The van der Waals surface area contributed by atoms with Crippen LogP contribution in [0.1, 0.15) is 19.3 Å². The highest BCUT2D eigenvalue weighted by Gasteiger charge is 2.37. The largest absolute Gasteiger partial charge is 0.368 e.